The molecule has 4 nitrogen and oxygen atoms in total. The molecular formula is C48H77NO3. The lowest BCUT2D eigenvalue weighted by atomic mass is 10.1. The lowest BCUT2D eigenvalue weighted by molar-refractivity contribution is -0.123. The van der Waals surface area contributed by atoms with Crippen LogP contribution in [0.2, 0.25) is 0 Å². The Bertz CT molecular complexity index is 1080. The fourth-order valence-corrected chi connectivity index (χ4v) is 5.37. The van der Waals surface area contributed by atoms with E-state index in [1.165, 1.54) is 44.9 Å². The summed E-state index contributed by atoms with van der Waals surface area (Å²) in [5, 5.41) is 22.8. The van der Waals surface area contributed by atoms with E-state index in [1.54, 1.807) is 6.08 Å². The minimum atomic E-state index is -0.878. The van der Waals surface area contributed by atoms with Gasteiger partial charge in [0.05, 0.1) is 18.8 Å². The first-order chi connectivity index (χ1) is 25.7. The summed E-state index contributed by atoms with van der Waals surface area (Å²) in [5.74, 6) is -0.0954. The van der Waals surface area contributed by atoms with Gasteiger partial charge in [0.1, 0.15) is 0 Å². The zero-order valence-electron chi connectivity index (χ0n) is 33.3. The van der Waals surface area contributed by atoms with Gasteiger partial charge in [-0.1, -0.05) is 173 Å². The Morgan fingerprint density at radius 2 is 0.885 bits per heavy atom. The molecule has 0 spiro atoms. The Morgan fingerprint density at radius 1 is 0.500 bits per heavy atom. The number of hydrogen-bond acceptors (Lipinski definition) is 3. The van der Waals surface area contributed by atoms with Gasteiger partial charge in [0.2, 0.25) is 5.91 Å². The van der Waals surface area contributed by atoms with Crippen molar-refractivity contribution in [3.05, 3.63) is 122 Å². The molecule has 0 rings (SSSR count). The van der Waals surface area contributed by atoms with Crippen molar-refractivity contribution in [2.24, 2.45) is 0 Å². The average Bonchev–Trinajstić information content (AvgIpc) is 3.15. The quantitative estimate of drug-likeness (QED) is 0.0452. The van der Waals surface area contributed by atoms with Crippen molar-refractivity contribution >= 4 is 5.91 Å². The van der Waals surface area contributed by atoms with Gasteiger partial charge < -0.3 is 15.5 Å². The van der Waals surface area contributed by atoms with Gasteiger partial charge in [-0.3, -0.25) is 4.79 Å². The zero-order valence-corrected chi connectivity index (χ0v) is 33.3. The number of carbonyl (C=O) groups is 1. The Hall–Kier alpha value is -3.21. The van der Waals surface area contributed by atoms with E-state index >= 15 is 0 Å². The van der Waals surface area contributed by atoms with Crippen LogP contribution >= 0.6 is 0 Å². The molecule has 3 N–H and O–H groups in total. The van der Waals surface area contributed by atoms with Crippen LogP contribution in [-0.4, -0.2) is 34.9 Å². The molecule has 4 heteroatoms. The second kappa shape index (κ2) is 42.2. The van der Waals surface area contributed by atoms with Crippen molar-refractivity contribution in [3.8, 4) is 0 Å². The van der Waals surface area contributed by atoms with Crippen LogP contribution < -0.4 is 5.32 Å². The molecule has 0 aliphatic rings. The molecule has 292 valence electrons. The lowest BCUT2D eigenvalue weighted by Crippen LogP contribution is -2.45. The monoisotopic (exact) mass is 716 g/mol. The number of nitrogens with one attached hydrogen (secondary N) is 1. The number of amides is 1. The summed E-state index contributed by atoms with van der Waals surface area (Å²) in [6, 6.07) is -0.654. The molecule has 52 heavy (non-hydrogen) atoms. The minimum Gasteiger partial charge on any atom is -0.394 e. The van der Waals surface area contributed by atoms with Crippen LogP contribution in [0.4, 0.5) is 0 Å². The van der Waals surface area contributed by atoms with Gasteiger partial charge in [0, 0.05) is 6.42 Å². The summed E-state index contributed by atoms with van der Waals surface area (Å²) < 4.78 is 0. The highest BCUT2D eigenvalue weighted by molar-refractivity contribution is 5.76. The van der Waals surface area contributed by atoms with Gasteiger partial charge in [0.15, 0.2) is 0 Å². The molecule has 0 aliphatic heterocycles. The average molecular weight is 716 g/mol. The molecule has 2 atom stereocenters. The highest BCUT2D eigenvalue weighted by Crippen LogP contribution is 2.12. The van der Waals surface area contributed by atoms with Crippen molar-refractivity contribution < 1.29 is 15.0 Å². The van der Waals surface area contributed by atoms with Crippen molar-refractivity contribution in [2.45, 2.75) is 167 Å². The SMILES string of the molecule is C/C=C/CC/C=C/CC/C=C/C(O)C(CO)NC(=O)CCCCCCCCCCC/C=C\C/C=C\C/C=C\C/C=C\C/C=C\C/C=C\C/C=C\CC. The second-order valence-electron chi connectivity index (χ2n) is 13.3. The number of carbonyl (C=O) groups excluding carboxylic acids is 1. The summed E-state index contributed by atoms with van der Waals surface area (Å²) in [6.45, 7) is 3.92. The van der Waals surface area contributed by atoms with Crippen molar-refractivity contribution in [2.75, 3.05) is 6.61 Å². The lowest BCUT2D eigenvalue weighted by Gasteiger charge is -2.19. The first-order valence-corrected chi connectivity index (χ1v) is 20.7. The van der Waals surface area contributed by atoms with Crippen LogP contribution in [-0.2, 0) is 4.79 Å². The van der Waals surface area contributed by atoms with Crippen LogP contribution in [0, 0.1) is 0 Å². The van der Waals surface area contributed by atoms with E-state index in [2.05, 4.69) is 122 Å². The van der Waals surface area contributed by atoms with Gasteiger partial charge in [0.25, 0.3) is 0 Å². The fraction of sp³-hybridized carbons (Fsp3) is 0.562. The minimum absolute atomic E-state index is 0.0954. The molecule has 0 heterocycles. The Morgan fingerprint density at radius 3 is 1.35 bits per heavy atom. The number of unbranched alkanes of at least 4 members (excludes halogenated alkanes) is 11. The van der Waals surface area contributed by atoms with Crippen LogP contribution in [0.15, 0.2) is 122 Å². The van der Waals surface area contributed by atoms with E-state index in [-0.39, 0.29) is 12.5 Å². The molecule has 0 saturated carbocycles. The molecule has 0 aliphatic carbocycles. The summed E-state index contributed by atoms with van der Waals surface area (Å²) in [6.07, 6.45) is 66.1. The normalized spacial score (nSPS) is 14.3. The van der Waals surface area contributed by atoms with Crippen LogP contribution in [0.1, 0.15) is 155 Å². The molecule has 0 aromatic rings. The predicted octanol–water partition coefficient (Wildman–Crippen LogP) is 13.0. The maximum absolute atomic E-state index is 12.3. The number of aliphatic hydroxyl groups excluding tert-OH is 2. The molecule has 2 unspecified atom stereocenters. The van der Waals surface area contributed by atoms with Gasteiger partial charge >= 0.3 is 0 Å². The van der Waals surface area contributed by atoms with E-state index in [0.29, 0.717) is 6.42 Å². The number of allylic oxidation sites excluding steroid dienone is 19. The summed E-state index contributed by atoms with van der Waals surface area (Å²) in [4.78, 5) is 12.3. The topological polar surface area (TPSA) is 69.6 Å². The molecular weight excluding hydrogens is 639 g/mol. The predicted molar refractivity (Wildman–Crippen MR) is 229 cm³/mol. The maximum Gasteiger partial charge on any atom is 0.220 e. The number of aliphatic hydroxyl groups is 2. The van der Waals surface area contributed by atoms with E-state index in [4.69, 9.17) is 0 Å². The number of rotatable bonds is 35. The Kier molecular flexibility index (Phi) is 39.6. The van der Waals surface area contributed by atoms with Crippen LogP contribution in [0.5, 0.6) is 0 Å². The summed E-state index contributed by atoms with van der Waals surface area (Å²) >= 11 is 0. The molecule has 0 fully saturated rings. The van der Waals surface area contributed by atoms with Crippen LogP contribution in [0.25, 0.3) is 0 Å². The third-order valence-electron chi connectivity index (χ3n) is 8.50. The highest BCUT2D eigenvalue weighted by Gasteiger charge is 2.17. The Balaban J connectivity index is 3.64. The van der Waals surface area contributed by atoms with Gasteiger partial charge in [-0.25, -0.2) is 0 Å². The van der Waals surface area contributed by atoms with Gasteiger partial charge in [-0.05, 0) is 96.8 Å². The zero-order chi connectivity index (χ0) is 37.8. The van der Waals surface area contributed by atoms with Crippen molar-refractivity contribution in [3.63, 3.8) is 0 Å². The first-order valence-electron chi connectivity index (χ1n) is 20.7. The maximum atomic E-state index is 12.3. The van der Waals surface area contributed by atoms with Crippen LogP contribution in [0.3, 0.4) is 0 Å². The second-order valence-corrected chi connectivity index (χ2v) is 13.3. The van der Waals surface area contributed by atoms with Crippen molar-refractivity contribution in [1.82, 2.24) is 5.32 Å². The van der Waals surface area contributed by atoms with E-state index in [0.717, 1.165) is 89.9 Å². The molecule has 1 amide bonds. The molecule has 0 radical (unpaired) electrons. The Labute approximate surface area is 320 Å². The highest BCUT2D eigenvalue weighted by atomic mass is 16.3. The number of hydrogen-bond donors (Lipinski definition) is 3. The van der Waals surface area contributed by atoms with Crippen molar-refractivity contribution in [1.29, 1.82) is 0 Å². The smallest absolute Gasteiger partial charge is 0.220 e. The summed E-state index contributed by atoms with van der Waals surface area (Å²) in [7, 11) is 0. The molecule has 0 aromatic carbocycles. The molecule has 0 saturated heterocycles. The first kappa shape index (κ1) is 48.8. The fourth-order valence-electron chi connectivity index (χ4n) is 5.37. The third kappa shape index (κ3) is 38.0. The van der Waals surface area contributed by atoms with Gasteiger partial charge in [-0.15, -0.1) is 0 Å². The van der Waals surface area contributed by atoms with E-state index in [1.807, 2.05) is 13.0 Å². The summed E-state index contributed by atoms with van der Waals surface area (Å²) in [5.41, 5.74) is 0. The largest absolute Gasteiger partial charge is 0.394 e. The van der Waals surface area contributed by atoms with Gasteiger partial charge in [-0.2, -0.15) is 0 Å². The molecule has 0 aromatic heterocycles. The third-order valence-corrected chi connectivity index (χ3v) is 8.50. The molecule has 0 bridgehead atoms. The standard InChI is InChI=1S/C48H77NO3/c1-3-5-7-9-11-13-14-15-16-17-18-19-20-21-22-23-24-25-26-27-28-29-30-31-32-33-34-36-38-40-42-44-48(52)49-46(45-50)47(51)43-41-39-37-35-12-10-8-6-4-2/h4-7,11-13,15-16,18-19,21-22,24-25,27-28,35,41,43,46-47,50-51H,3,8-10,14,17,20,23,26,29-34,36-40,42,44-45H2,1-2H3,(H,49,52)/b6-4+,7-5-,13-11-,16-15-,19-18-,22-21-,25-24-,28-27-,35-12+,43-41+. The van der Waals surface area contributed by atoms with E-state index in [9.17, 15) is 15.0 Å². The van der Waals surface area contributed by atoms with E-state index < -0.39 is 12.1 Å².